The number of nitrogens with zero attached hydrogens (tertiary/aromatic N) is 4. The molecule has 0 saturated heterocycles. The Morgan fingerprint density at radius 3 is 2.56 bits per heavy atom. The molecule has 5 nitrogen and oxygen atoms in total. The minimum Gasteiger partial charge on any atom is -0.366 e. The van der Waals surface area contributed by atoms with Gasteiger partial charge in [-0.15, -0.1) is 5.10 Å². The van der Waals surface area contributed by atoms with Gasteiger partial charge in [-0.1, -0.05) is 0 Å². The van der Waals surface area contributed by atoms with Crippen LogP contribution in [0.4, 0.5) is 19.1 Å². The minimum atomic E-state index is -4.41. The highest BCUT2D eigenvalue weighted by atomic mass is 19.4. The highest BCUT2D eigenvalue weighted by Crippen LogP contribution is 2.29. The molecule has 0 aromatic carbocycles. The van der Waals surface area contributed by atoms with Crippen LogP contribution in [0.2, 0.25) is 0 Å². The van der Waals surface area contributed by atoms with Crippen molar-refractivity contribution in [1.82, 2.24) is 19.7 Å². The number of pyridine rings is 1. The molecule has 8 heteroatoms. The Bertz CT molecular complexity index is 504. The summed E-state index contributed by atoms with van der Waals surface area (Å²) in [6, 6.07) is 1.75. The fourth-order valence-electron chi connectivity index (χ4n) is 1.11. The monoisotopic (exact) mass is 229 g/mol. The fraction of sp³-hybridized carbons (Fsp3) is 0.125. The Hall–Kier alpha value is -2.12. The van der Waals surface area contributed by atoms with Crippen LogP contribution in [-0.4, -0.2) is 19.7 Å². The summed E-state index contributed by atoms with van der Waals surface area (Å²) in [6.45, 7) is 0. The van der Waals surface area contributed by atoms with Crippen molar-refractivity contribution in [1.29, 1.82) is 0 Å². The Labute approximate surface area is 87.7 Å². The van der Waals surface area contributed by atoms with Crippen LogP contribution in [0, 0.1) is 0 Å². The summed E-state index contributed by atoms with van der Waals surface area (Å²) < 4.78 is 38.2. The summed E-state index contributed by atoms with van der Waals surface area (Å²) in [5, 5.41) is 3.66. The molecule has 2 aromatic rings. The van der Waals surface area contributed by atoms with Crippen molar-refractivity contribution in [3.05, 3.63) is 30.2 Å². The summed E-state index contributed by atoms with van der Waals surface area (Å²) in [5.74, 6) is -0.0155. The number of anilines is 1. The van der Waals surface area contributed by atoms with Gasteiger partial charge >= 0.3 is 6.18 Å². The first-order valence-corrected chi connectivity index (χ1v) is 4.17. The lowest BCUT2D eigenvalue weighted by Crippen LogP contribution is -2.07. The molecular weight excluding hydrogens is 223 g/mol. The van der Waals surface area contributed by atoms with Crippen LogP contribution in [0.3, 0.4) is 0 Å². The number of aromatic nitrogens is 4. The molecule has 0 radical (unpaired) electrons. The molecule has 0 unspecified atom stereocenters. The number of rotatable bonds is 1. The first-order valence-electron chi connectivity index (χ1n) is 4.17. The molecular formula is C8H6F3N5. The second-order valence-corrected chi connectivity index (χ2v) is 2.95. The molecule has 0 saturated carbocycles. The average Bonchev–Trinajstić information content (AvgIpc) is 2.64. The van der Waals surface area contributed by atoms with E-state index in [9.17, 15) is 13.2 Å². The second-order valence-electron chi connectivity index (χ2n) is 2.95. The van der Waals surface area contributed by atoms with Gasteiger partial charge in [0.25, 0.3) is 0 Å². The number of hydrogen-bond acceptors (Lipinski definition) is 4. The Morgan fingerprint density at radius 1 is 1.25 bits per heavy atom. The van der Waals surface area contributed by atoms with E-state index in [1.165, 1.54) is 6.33 Å². The van der Waals surface area contributed by atoms with Gasteiger partial charge in [-0.3, -0.25) is 0 Å². The van der Waals surface area contributed by atoms with Gasteiger partial charge in [0, 0.05) is 6.20 Å². The third-order valence-electron chi connectivity index (χ3n) is 1.82. The van der Waals surface area contributed by atoms with Crippen molar-refractivity contribution < 1.29 is 13.2 Å². The molecule has 84 valence electrons. The highest BCUT2D eigenvalue weighted by molar-refractivity contribution is 5.29. The van der Waals surface area contributed by atoms with Gasteiger partial charge in [-0.2, -0.15) is 13.2 Å². The molecule has 2 N–H and O–H groups in total. The highest BCUT2D eigenvalue weighted by Gasteiger charge is 2.30. The van der Waals surface area contributed by atoms with E-state index in [1.54, 1.807) is 0 Å². The number of hydrogen-bond donors (Lipinski definition) is 1. The van der Waals surface area contributed by atoms with E-state index < -0.39 is 11.7 Å². The van der Waals surface area contributed by atoms with E-state index in [0.717, 1.165) is 23.0 Å². The molecule has 2 rings (SSSR count). The molecule has 16 heavy (non-hydrogen) atoms. The van der Waals surface area contributed by atoms with Crippen molar-refractivity contribution in [2.24, 2.45) is 0 Å². The van der Waals surface area contributed by atoms with Gasteiger partial charge < -0.3 is 5.73 Å². The average molecular weight is 229 g/mol. The Morgan fingerprint density at radius 2 is 2.00 bits per heavy atom. The predicted octanol–water partition coefficient (Wildman–Crippen LogP) is 1.26. The van der Waals surface area contributed by atoms with Crippen molar-refractivity contribution in [3.63, 3.8) is 0 Å². The number of halogens is 3. The molecule has 0 fully saturated rings. The largest absolute Gasteiger partial charge is 0.416 e. The molecule has 0 aliphatic heterocycles. The maximum atomic E-state index is 12.4. The van der Waals surface area contributed by atoms with Crippen LogP contribution in [-0.2, 0) is 6.18 Å². The summed E-state index contributed by atoms with van der Waals surface area (Å²) in [7, 11) is 0. The third kappa shape index (κ3) is 1.95. The minimum absolute atomic E-state index is 0.0130. The van der Waals surface area contributed by atoms with Crippen LogP contribution >= 0.6 is 0 Å². The number of nitrogen functional groups attached to an aromatic ring is 1. The van der Waals surface area contributed by atoms with Crippen LogP contribution in [0.25, 0.3) is 5.82 Å². The van der Waals surface area contributed by atoms with Crippen LogP contribution in [0.15, 0.2) is 24.7 Å². The van der Waals surface area contributed by atoms with E-state index in [1.807, 2.05) is 0 Å². The molecule has 0 amide bonds. The Balaban J connectivity index is 2.44. The smallest absolute Gasteiger partial charge is 0.366 e. The van der Waals surface area contributed by atoms with Gasteiger partial charge in [-0.25, -0.2) is 14.6 Å². The van der Waals surface area contributed by atoms with Crippen LogP contribution in [0.1, 0.15) is 5.56 Å². The lowest BCUT2D eigenvalue weighted by molar-refractivity contribution is -0.137. The molecule has 0 spiro atoms. The summed E-state index contributed by atoms with van der Waals surface area (Å²) in [6.07, 6.45) is -2.17. The molecule has 0 bridgehead atoms. The van der Waals surface area contributed by atoms with Crippen molar-refractivity contribution in [3.8, 4) is 5.82 Å². The summed E-state index contributed by atoms with van der Waals surface area (Å²) in [4.78, 5) is 7.33. The van der Waals surface area contributed by atoms with E-state index in [2.05, 4.69) is 15.1 Å². The van der Waals surface area contributed by atoms with E-state index in [0.29, 0.717) is 0 Å². The molecule has 2 aromatic heterocycles. The van der Waals surface area contributed by atoms with Crippen LogP contribution < -0.4 is 5.73 Å². The zero-order chi connectivity index (χ0) is 11.8. The zero-order valence-electron chi connectivity index (χ0n) is 7.81. The van der Waals surface area contributed by atoms with Gasteiger partial charge in [0.05, 0.1) is 5.56 Å². The van der Waals surface area contributed by atoms with Crippen molar-refractivity contribution >= 4 is 5.95 Å². The standard InChI is InChI=1S/C8H6F3N5/c9-8(10,11)5-1-2-13-6(3-5)16-4-14-7(12)15-16/h1-4H,(H2,12,15). The maximum Gasteiger partial charge on any atom is 0.416 e. The van der Waals surface area contributed by atoms with E-state index in [4.69, 9.17) is 5.73 Å². The third-order valence-corrected chi connectivity index (χ3v) is 1.82. The van der Waals surface area contributed by atoms with Gasteiger partial charge in [0.1, 0.15) is 6.33 Å². The first kappa shape index (κ1) is 10.4. The normalized spacial score (nSPS) is 11.7. The topological polar surface area (TPSA) is 69.6 Å². The first-order chi connectivity index (χ1) is 7.47. The fourth-order valence-corrected chi connectivity index (χ4v) is 1.11. The number of nitrogens with two attached hydrogens (primary N) is 1. The van der Waals surface area contributed by atoms with Gasteiger partial charge in [0.15, 0.2) is 5.82 Å². The van der Waals surface area contributed by atoms with Gasteiger partial charge in [-0.05, 0) is 12.1 Å². The zero-order valence-corrected chi connectivity index (χ0v) is 7.81. The lowest BCUT2D eigenvalue weighted by Gasteiger charge is -2.07. The predicted molar refractivity (Wildman–Crippen MR) is 48.6 cm³/mol. The molecule has 0 atom stereocenters. The van der Waals surface area contributed by atoms with Crippen molar-refractivity contribution in [2.45, 2.75) is 6.18 Å². The van der Waals surface area contributed by atoms with Crippen LogP contribution in [0.5, 0.6) is 0 Å². The molecule has 0 aliphatic rings. The van der Waals surface area contributed by atoms with Crippen molar-refractivity contribution in [2.75, 3.05) is 5.73 Å². The van der Waals surface area contributed by atoms with Gasteiger partial charge in [0.2, 0.25) is 5.95 Å². The Kier molecular flexibility index (Phi) is 2.26. The number of alkyl halides is 3. The maximum absolute atomic E-state index is 12.4. The molecule has 2 heterocycles. The quantitative estimate of drug-likeness (QED) is 0.799. The SMILES string of the molecule is Nc1ncn(-c2cc(C(F)(F)F)ccn2)n1. The van der Waals surface area contributed by atoms with E-state index in [-0.39, 0.29) is 11.8 Å². The second kappa shape index (κ2) is 3.47. The van der Waals surface area contributed by atoms with E-state index >= 15 is 0 Å². The lowest BCUT2D eigenvalue weighted by atomic mass is 10.2. The summed E-state index contributed by atoms with van der Waals surface area (Å²) in [5.41, 5.74) is 4.45. The molecule has 0 aliphatic carbocycles. The summed E-state index contributed by atoms with van der Waals surface area (Å²) >= 11 is 0.